The number of rotatable bonds is 6. The Bertz CT molecular complexity index is 655. The molecule has 1 N–H and O–H groups in total. The molecule has 0 fully saturated rings. The van der Waals surface area contributed by atoms with E-state index in [0.717, 1.165) is 17.7 Å². The van der Waals surface area contributed by atoms with Gasteiger partial charge in [0.2, 0.25) is 5.91 Å². The third-order valence-corrected chi connectivity index (χ3v) is 3.49. The molecule has 2 aromatic carbocycles. The van der Waals surface area contributed by atoms with E-state index in [1.165, 1.54) is 11.1 Å². The molecule has 0 aromatic heterocycles. The van der Waals surface area contributed by atoms with Gasteiger partial charge < -0.3 is 10.2 Å². The van der Waals surface area contributed by atoms with E-state index in [2.05, 4.69) is 48.6 Å². The van der Waals surface area contributed by atoms with Crippen molar-refractivity contribution in [3.63, 3.8) is 0 Å². The highest BCUT2D eigenvalue weighted by Crippen LogP contribution is 2.07. The Kier molecular flexibility index (Phi) is 6.12. The van der Waals surface area contributed by atoms with Crippen LogP contribution in [0.5, 0.6) is 0 Å². The molecule has 0 unspecified atom stereocenters. The first-order valence-electron chi connectivity index (χ1n) is 7.78. The number of aryl methyl sites for hydroxylation is 1. The predicted octanol–water partition coefficient (Wildman–Crippen LogP) is 3.39. The fraction of sp³-hybridized carbons (Fsp3) is 0.250. The van der Waals surface area contributed by atoms with Gasteiger partial charge in [0.25, 0.3) is 0 Å². The smallest absolute Gasteiger partial charge is 0.244 e. The van der Waals surface area contributed by atoms with Crippen LogP contribution >= 0.6 is 0 Å². The molecule has 1 amide bonds. The highest BCUT2D eigenvalue weighted by atomic mass is 16.1. The first-order valence-corrected chi connectivity index (χ1v) is 7.78. The Morgan fingerprint density at radius 1 is 1.00 bits per heavy atom. The van der Waals surface area contributed by atoms with Crippen molar-refractivity contribution >= 4 is 12.0 Å². The number of carbonyl (C=O) groups is 1. The molecule has 0 saturated heterocycles. The lowest BCUT2D eigenvalue weighted by atomic mass is 10.1. The van der Waals surface area contributed by atoms with E-state index in [0.29, 0.717) is 6.54 Å². The topological polar surface area (TPSA) is 32.3 Å². The maximum absolute atomic E-state index is 11.9. The molecular weight excluding hydrogens is 284 g/mol. The van der Waals surface area contributed by atoms with Gasteiger partial charge in [-0.1, -0.05) is 54.1 Å². The minimum absolute atomic E-state index is 0.0806. The zero-order valence-corrected chi connectivity index (χ0v) is 14.0. The van der Waals surface area contributed by atoms with Gasteiger partial charge in [0.15, 0.2) is 0 Å². The summed E-state index contributed by atoms with van der Waals surface area (Å²) in [6, 6.07) is 16.4. The summed E-state index contributed by atoms with van der Waals surface area (Å²) >= 11 is 0. The minimum Gasteiger partial charge on any atom is -0.348 e. The van der Waals surface area contributed by atoms with Gasteiger partial charge in [0.1, 0.15) is 0 Å². The van der Waals surface area contributed by atoms with Gasteiger partial charge in [-0.3, -0.25) is 4.79 Å². The molecule has 0 radical (unpaired) electrons. The van der Waals surface area contributed by atoms with Crippen LogP contribution in [0.1, 0.15) is 22.3 Å². The Balaban J connectivity index is 1.83. The molecule has 0 aliphatic carbocycles. The van der Waals surface area contributed by atoms with Gasteiger partial charge in [0, 0.05) is 19.2 Å². The Labute approximate surface area is 138 Å². The summed E-state index contributed by atoms with van der Waals surface area (Å²) in [5.41, 5.74) is 4.61. The summed E-state index contributed by atoms with van der Waals surface area (Å²) in [6.07, 6.45) is 3.40. The summed E-state index contributed by atoms with van der Waals surface area (Å²) in [6.45, 7) is 3.51. The summed E-state index contributed by atoms with van der Waals surface area (Å²) in [5, 5.41) is 2.90. The van der Waals surface area contributed by atoms with Crippen LogP contribution in [0.15, 0.2) is 54.6 Å². The van der Waals surface area contributed by atoms with Gasteiger partial charge in [-0.05, 0) is 43.8 Å². The molecule has 23 heavy (non-hydrogen) atoms. The average Bonchev–Trinajstić information content (AvgIpc) is 2.53. The Morgan fingerprint density at radius 2 is 1.61 bits per heavy atom. The van der Waals surface area contributed by atoms with Gasteiger partial charge >= 0.3 is 0 Å². The van der Waals surface area contributed by atoms with Crippen molar-refractivity contribution in [2.24, 2.45) is 0 Å². The molecule has 3 heteroatoms. The maximum Gasteiger partial charge on any atom is 0.244 e. The average molecular weight is 308 g/mol. The van der Waals surface area contributed by atoms with Crippen molar-refractivity contribution in [3.05, 3.63) is 76.9 Å². The van der Waals surface area contributed by atoms with Crippen LogP contribution in [0.3, 0.4) is 0 Å². The number of carbonyl (C=O) groups excluding carboxylic acids is 1. The third-order valence-electron chi connectivity index (χ3n) is 3.49. The first-order chi connectivity index (χ1) is 11.0. The second-order valence-corrected chi connectivity index (χ2v) is 6.02. The van der Waals surface area contributed by atoms with Crippen molar-refractivity contribution in [2.75, 3.05) is 14.1 Å². The zero-order valence-electron chi connectivity index (χ0n) is 14.0. The number of nitrogens with zero attached hydrogens (tertiary/aromatic N) is 1. The third kappa shape index (κ3) is 6.09. The SMILES string of the molecule is Cc1ccc(/C=C/C(=O)NCc2ccc(CN(C)C)cc2)cc1. The molecule has 0 aliphatic rings. The van der Waals surface area contributed by atoms with E-state index in [1.807, 2.05) is 37.3 Å². The van der Waals surface area contributed by atoms with Crippen molar-refractivity contribution in [2.45, 2.75) is 20.0 Å². The normalized spacial score (nSPS) is 11.1. The zero-order chi connectivity index (χ0) is 16.7. The van der Waals surface area contributed by atoms with E-state index in [1.54, 1.807) is 6.08 Å². The van der Waals surface area contributed by atoms with E-state index >= 15 is 0 Å². The van der Waals surface area contributed by atoms with Crippen LogP contribution in [-0.2, 0) is 17.9 Å². The van der Waals surface area contributed by atoms with E-state index in [-0.39, 0.29) is 5.91 Å². The lowest BCUT2D eigenvalue weighted by molar-refractivity contribution is -0.116. The molecule has 0 spiro atoms. The largest absolute Gasteiger partial charge is 0.348 e. The quantitative estimate of drug-likeness (QED) is 0.830. The molecule has 0 heterocycles. The number of hydrogen-bond acceptors (Lipinski definition) is 2. The number of benzene rings is 2. The van der Waals surface area contributed by atoms with E-state index in [4.69, 9.17) is 0 Å². The summed E-state index contributed by atoms with van der Waals surface area (Å²) in [7, 11) is 4.10. The molecule has 0 atom stereocenters. The lowest BCUT2D eigenvalue weighted by Crippen LogP contribution is -2.20. The van der Waals surface area contributed by atoms with E-state index in [9.17, 15) is 4.79 Å². The van der Waals surface area contributed by atoms with Gasteiger partial charge in [-0.15, -0.1) is 0 Å². The second kappa shape index (κ2) is 8.30. The molecule has 2 aromatic rings. The molecule has 2 rings (SSSR count). The van der Waals surface area contributed by atoms with Crippen LogP contribution in [0.4, 0.5) is 0 Å². The monoisotopic (exact) mass is 308 g/mol. The molecule has 120 valence electrons. The standard InChI is InChI=1S/C20H24N2O/c1-16-4-6-17(7-5-16)12-13-20(23)21-14-18-8-10-19(11-9-18)15-22(2)3/h4-13H,14-15H2,1-3H3,(H,21,23)/b13-12+. The first kappa shape index (κ1) is 17.0. The van der Waals surface area contributed by atoms with Crippen LogP contribution in [-0.4, -0.2) is 24.9 Å². The summed E-state index contributed by atoms with van der Waals surface area (Å²) < 4.78 is 0. The van der Waals surface area contributed by atoms with E-state index < -0.39 is 0 Å². The van der Waals surface area contributed by atoms with Gasteiger partial charge in [-0.25, -0.2) is 0 Å². The minimum atomic E-state index is -0.0806. The predicted molar refractivity (Wildman–Crippen MR) is 95.9 cm³/mol. The van der Waals surface area contributed by atoms with Gasteiger partial charge in [0.05, 0.1) is 0 Å². The molecule has 0 aliphatic heterocycles. The summed E-state index contributed by atoms with van der Waals surface area (Å²) in [4.78, 5) is 14.0. The maximum atomic E-state index is 11.9. The number of hydrogen-bond donors (Lipinski definition) is 1. The van der Waals surface area contributed by atoms with Crippen molar-refractivity contribution in [1.29, 1.82) is 0 Å². The molecular formula is C20H24N2O. The fourth-order valence-electron chi connectivity index (χ4n) is 2.23. The summed E-state index contributed by atoms with van der Waals surface area (Å²) in [5.74, 6) is -0.0806. The van der Waals surface area contributed by atoms with Crippen LogP contribution in [0.2, 0.25) is 0 Å². The molecule has 3 nitrogen and oxygen atoms in total. The van der Waals surface area contributed by atoms with Crippen molar-refractivity contribution < 1.29 is 4.79 Å². The highest BCUT2D eigenvalue weighted by Gasteiger charge is 1.99. The Hall–Kier alpha value is -2.39. The van der Waals surface area contributed by atoms with Gasteiger partial charge in [-0.2, -0.15) is 0 Å². The highest BCUT2D eigenvalue weighted by molar-refractivity contribution is 5.91. The lowest BCUT2D eigenvalue weighted by Gasteiger charge is -2.10. The van der Waals surface area contributed by atoms with Crippen molar-refractivity contribution in [3.8, 4) is 0 Å². The van der Waals surface area contributed by atoms with Crippen LogP contribution in [0, 0.1) is 6.92 Å². The molecule has 0 bridgehead atoms. The number of amides is 1. The van der Waals surface area contributed by atoms with Crippen molar-refractivity contribution in [1.82, 2.24) is 10.2 Å². The number of nitrogens with one attached hydrogen (secondary N) is 1. The second-order valence-electron chi connectivity index (χ2n) is 6.02. The Morgan fingerprint density at radius 3 is 2.22 bits per heavy atom. The van der Waals surface area contributed by atoms with Crippen LogP contribution < -0.4 is 5.32 Å². The molecule has 0 saturated carbocycles. The fourth-order valence-corrected chi connectivity index (χ4v) is 2.23. The van der Waals surface area contributed by atoms with Crippen LogP contribution in [0.25, 0.3) is 6.08 Å².